The molecule has 1 aliphatic heterocycles. The van der Waals surface area contributed by atoms with Gasteiger partial charge >= 0.3 is 0 Å². The van der Waals surface area contributed by atoms with Crippen molar-refractivity contribution in [3.63, 3.8) is 0 Å². The predicted octanol–water partition coefficient (Wildman–Crippen LogP) is 3.67. The summed E-state index contributed by atoms with van der Waals surface area (Å²) in [7, 11) is 0. The van der Waals surface area contributed by atoms with Gasteiger partial charge in [0.1, 0.15) is 0 Å². The van der Waals surface area contributed by atoms with Crippen LogP contribution in [0.1, 0.15) is 65.7 Å². The summed E-state index contributed by atoms with van der Waals surface area (Å²) >= 11 is 0. The molecule has 1 saturated heterocycles. The van der Waals surface area contributed by atoms with Crippen LogP contribution in [0.3, 0.4) is 0 Å². The maximum absolute atomic E-state index is 3.67. The molecule has 0 amide bonds. The third-order valence-corrected chi connectivity index (χ3v) is 5.26. The van der Waals surface area contributed by atoms with E-state index in [1.54, 1.807) is 0 Å². The summed E-state index contributed by atoms with van der Waals surface area (Å²) in [6.07, 6.45) is 10.1. The zero-order chi connectivity index (χ0) is 13.7. The maximum Gasteiger partial charge on any atom is 0.0246 e. The van der Waals surface area contributed by atoms with E-state index in [1.807, 2.05) is 0 Å². The molecule has 2 heteroatoms. The van der Waals surface area contributed by atoms with Crippen LogP contribution in [0.25, 0.3) is 0 Å². The normalized spacial score (nSPS) is 30.3. The first-order chi connectivity index (χ1) is 9.24. The number of hydrogen-bond donors (Lipinski definition) is 1. The molecule has 1 heterocycles. The van der Waals surface area contributed by atoms with Crippen molar-refractivity contribution in [1.82, 2.24) is 10.2 Å². The molecule has 2 fully saturated rings. The molecule has 2 aliphatic rings. The summed E-state index contributed by atoms with van der Waals surface area (Å²) in [5.74, 6) is 1.78. The first-order valence-electron chi connectivity index (χ1n) is 8.70. The standard InChI is InChI=1S/C17H34N2/c1-4-11-18-13-17(14(2)3)19-12-7-9-15-8-5-6-10-16(15)19/h14-18H,4-13H2,1-3H3. The van der Waals surface area contributed by atoms with Gasteiger partial charge in [-0.25, -0.2) is 0 Å². The second-order valence-corrected chi connectivity index (χ2v) is 7.01. The van der Waals surface area contributed by atoms with E-state index in [0.717, 1.165) is 23.9 Å². The molecule has 1 N–H and O–H groups in total. The molecule has 2 rings (SSSR count). The largest absolute Gasteiger partial charge is 0.315 e. The SMILES string of the molecule is CCCNCC(C(C)C)N1CCCC2CCCCC21. The lowest BCUT2D eigenvalue weighted by Crippen LogP contribution is -2.56. The van der Waals surface area contributed by atoms with E-state index in [9.17, 15) is 0 Å². The molecule has 3 atom stereocenters. The van der Waals surface area contributed by atoms with E-state index < -0.39 is 0 Å². The summed E-state index contributed by atoms with van der Waals surface area (Å²) in [6.45, 7) is 10.8. The Labute approximate surface area is 120 Å². The quantitative estimate of drug-likeness (QED) is 0.738. The van der Waals surface area contributed by atoms with E-state index >= 15 is 0 Å². The average Bonchev–Trinajstić information content (AvgIpc) is 2.43. The minimum atomic E-state index is 0.748. The van der Waals surface area contributed by atoms with Crippen molar-refractivity contribution in [2.24, 2.45) is 11.8 Å². The molecule has 112 valence electrons. The molecule has 1 saturated carbocycles. The van der Waals surface area contributed by atoms with E-state index in [2.05, 4.69) is 31.0 Å². The molecular formula is C17H34N2. The second kappa shape index (κ2) is 7.64. The van der Waals surface area contributed by atoms with Gasteiger partial charge < -0.3 is 5.32 Å². The minimum Gasteiger partial charge on any atom is -0.315 e. The van der Waals surface area contributed by atoms with Crippen LogP contribution >= 0.6 is 0 Å². The van der Waals surface area contributed by atoms with Crippen molar-refractivity contribution in [3.8, 4) is 0 Å². The highest BCUT2D eigenvalue weighted by Gasteiger charge is 2.37. The number of nitrogens with one attached hydrogen (secondary N) is 1. The topological polar surface area (TPSA) is 15.3 Å². The Hall–Kier alpha value is -0.0800. The Bertz CT molecular complexity index is 250. The van der Waals surface area contributed by atoms with E-state index in [-0.39, 0.29) is 0 Å². The van der Waals surface area contributed by atoms with Crippen molar-refractivity contribution in [3.05, 3.63) is 0 Å². The fraction of sp³-hybridized carbons (Fsp3) is 1.00. The first kappa shape index (κ1) is 15.3. The molecule has 0 bridgehead atoms. The summed E-state index contributed by atoms with van der Waals surface area (Å²) < 4.78 is 0. The van der Waals surface area contributed by atoms with E-state index in [0.29, 0.717) is 0 Å². The lowest BCUT2D eigenvalue weighted by atomic mass is 9.77. The number of hydrogen-bond acceptors (Lipinski definition) is 2. The third kappa shape index (κ3) is 3.95. The van der Waals surface area contributed by atoms with Gasteiger partial charge in [-0.2, -0.15) is 0 Å². The molecule has 0 aromatic rings. The van der Waals surface area contributed by atoms with Crippen LogP contribution in [0.15, 0.2) is 0 Å². The van der Waals surface area contributed by atoms with Crippen molar-refractivity contribution in [2.75, 3.05) is 19.6 Å². The van der Waals surface area contributed by atoms with Crippen molar-refractivity contribution < 1.29 is 0 Å². The highest BCUT2D eigenvalue weighted by molar-refractivity contribution is 4.92. The number of likely N-dealkylation sites (tertiary alicyclic amines) is 1. The van der Waals surface area contributed by atoms with Crippen LogP contribution in [0.4, 0.5) is 0 Å². The Morgan fingerprint density at radius 1 is 1.11 bits per heavy atom. The molecule has 0 radical (unpaired) electrons. The molecular weight excluding hydrogens is 232 g/mol. The van der Waals surface area contributed by atoms with Crippen LogP contribution in [0.2, 0.25) is 0 Å². The first-order valence-corrected chi connectivity index (χ1v) is 8.70. The Balaban J connectivity index is 1.97. The van der Waals surface area contributed by atoms with Crippen LogP contribution in [0, 0.1) is 11.8 Å². The van der Waals surface area contributed by atoms with Gasteiger partial charge in [0, 0.05) is 18.6 Å². The number of rotatable bonds is 6. The summed E-state index contributed by atoms with van der Waals surface area (Å²) in [5.41, 5.74) is 0. The van der Waals surface area contributed by atoms with Crippen molar-refractivity contribution in [1.29, 1.82) is 0 Å². The lowest BCUT2D eigenvalue weighted by molar-refractivity contribution is 0.0102. The number of nitrogens with zero attached hydrogens (tertiary/aromatic N) is 1. The van der Waals surface area contributed by atoms with Gasteiger partial charge in [-0.1, -0.05) is 33.6 Å². The summed E-state index contributed by atoms with van der Waals surface area (Å²) in [4.78, 5) is 2.89. The van der Waals surface area contributed by atoms with E-state index in [4.69, 9.17) is 0 Å². The van der Waals surface area contributed by atoms with Crippen molar-refractivity contribution in [2.45, 2.75) is 77.8 Å². The Morgan fingerprint density at radius 3 is 2.58 bits per heavy atom. The second-order valence-electron chi connectivity index (χ2n) is 7.01. The zero-order valence-electron chi connectivity index (χ0n) is 13.3. The summed E-state index contributed by atoms with van der Waals surface area (Å²) in [5, 5.41) is 3.67. The van der Waals surface area contributed by atoms with Crippen LogP contribution in [0.5, 0.6) is 0 Å². The highest BCUT2D eigenvalue weighted by atomic mass is 15.2. The summed E-state index contributed by atoms with van der Waals surface area (Å²) in [6, 6.07) is 1.65. The van der Waals surface area contributed by atoms with Crippen LogP contribution in [-0.4, -0.2) is 36.6 Å². The van der Waals surface area contributed by atoms with Gasteiger partial charge in [0.15, 0.2) is 0 Å². The Kier molecular flexibility index (Phi) is 6.15. The van der Waals surface area contributed by atoms with Crippen LogP contribution < -0.4 is 5.32 Å². The molecule has 0 spiro atoms. The van der Waals surface area contributed by atoms with Crippen molar-refractivity contribution >= 4 is 0 Å². The lowest BCUT2D eigenvalue weighted by Gasteiger charge is -2.49. The number of fused-ring (bicyclic) bond motifs is 1. The number of piperidine rings is 1. The van der Waals surface area contributed by atoms with Gasteiger partial charge in [0.05, 0.1) is 0 Å². The monoisotopic (exact) mass is 266 g/mol. The van der Waals surface area contributed by atoms with Gasteiger partial charge in [-0.15, -0.1) is 0 Å². The fourth-order valence-corrected chi connectivity index (χ4v) is 4.24. The maximum atomic E-state index is 3.67. The van der Waals surface area contributed by atoms with E-state index in [1.165, 1.54) is 64.6 Å². The van der Waals surface area contributed by atoms with Gasteiger partial charge in [0.25, 0.3) is 0 Å². The van der Waals surface area contributed by atoms with Gasteiger partial charge in [-0.05, 0) is 57.0 Å². The Morgan fingerprint density at radius 2 is 1.84 bits per heavy atom. The third-order valence-electron chi connectivity index (χ3n) is 5.26. The smallest absolute Gasteiger partial charge is 0.0246 e. The fourth-order valence-electron chi connectivity index (χ4n) is 4.24. The molecule has 19 heavy (non-hydrogen) atoms. The minimum absolute atomic E-state index is 0.748. The molecule has 0 aromatic carbocycles. The highest BCUT2D eigenvalue weighted by Crippen LogP contribution is 2.37. The van der Waals surface area contributed by atoms with Crippen LogP contribution in [-0.2, 0) is 0 Å². The molecule has 2 nitrogen and oxygen atoms in total. The van der Waals surface area contributed by atoms with Gasteiger partial charge in [-0.3, -0.25) is 4.90 Å². The van der Waals surface area contributed by atoms with Gasteiger partial charge in [0.2, 0.25) is 0 Å². The molecule has 3 unspecified atom stereocenters. The predicted molar refractivity (Wildman–Crippen MR) is 83.5 cm³/mol. The zero-order valence-corrected chi connectivity index (χ0v) is 13.3. The average molecular weight is 266 g/mol. The molecule has 1 aliphatic carbocycles. The molecule has 0 aromatic heterocycles.